The Morgan fingerprint density at radius 1 is 0.408 bits per heavy atom. The molecule has 0 bridgehead atoms. The maximum Gasteiger partial charge on any atom is 0.293 e. The number of carbonyl (C=O) groups is 14. The standard InChI is InChI=1S/C25H23ClF2N6O3.C25H24F4N4O4.C25H23F2N7O3.C24H24F4N4O4/c1-11-3-4-14(7-15(11)26)30-22(36)20-12(2)19(17-6-13-5-16(13)34(17)20)21(35)23(37)31-24(9-25(27,28)10-24)18-8-29-33-32-18;1-10-14(26)6-13(7-15(10)27)31-21(35)19-11(2)18(17-5-12-4-16(12)33(17)19)20(34)22(36)32-24(23(37)30-3)8-25(28,29)9-24;1-13-5-6-16(8-15(13)9-28)30-22(36)20-14(2)19(17-4-3-7-34(17)20)21(35)23(37)31-24(11-25(26,27)12-24)18-10-29-33-32-18;1-11-14(25)7-13(8-15(11)26)30-20(34)18-12(2)17(16-5-4-6-32(16)18)19(33)21(35)31-23(22(36)29-3)9-24(27,28)10-23/h3-4,7-8,13,16H,5-6,9-10H2,1-2H3,(H,30,36)(H,31,37)(H,29,32,33);6-7,12,16H,4-5,8-9H2,1-3H3,(H,30,37)(H,31,35)(H,32,36);5-6,8,10H,3-4,7,11-12H2,1-2H3,(H,30,36)(H,31,37)(H,29,32,33);7-8H,4-6,9-10H2,1-3H3,(H,29,36)(H,30,34)(H,31,35)/t13-,16-;12-,16-;;/m11../s1. The van der Waals surface area contributed by atoms with Crippen LogP contribution < -0.4 is 53.2 Å². The van der Waals surface area contributed by atoms with Gasteiger partial charge < -0.3 is 71.4 Å². The number of aryl methyl sites for hydroxylation is 2. The van der Waals surface area contributed by atoms with Crippen LogP contribution in [0, 0.1) is 102 Å². The Kier molecular flexibility index (Phi) is 26.3. The van der Waals surface area contributed by atoms with Gasteiger partial charge in [0.05, 0.1) is 57.4 Å². The minimum Gasteiger partial charge on any atom is -0.357 e. The summed E-state index contributed by atoms with van der Waals surface area (Å²) in [5.74, 6) is -27.6. The van der Waals surface area contributed by atoms with Crippen molar-refractivity contribution in [3.63, 3.8) is 0 Å². The zero-order valence-corrected chi connectivity index (χ0v) is 80.9. The summed E-state index contributed by atoms with van der Waals surface area (Å²) in [6.45, 7) is 13.1. The highest BCUT2D eigenvalue weighted by atomic mass is 35.5. The lowest BCUT2D eigenvalue weighted by molar-refractivity contribution is -0.164. The van der Waals surface area contributed by atoms with Crippen LogP contribution in [-0.2, 0) is 78.6 Å². The van der Waals surface area contributed by atoms with Crippen LogP contribution in [0.3, 0.4) is 0 Å². The van der Waals surface area contributed by atoms with E-state index in [1.807, 2.05) is 11.5 Å². The summed E-state index contributed by atoms with van der Waals surface area (Å²) < 4.78 is 172. The first-order valence-corrected chi connectivity index (χ1v) is 47.0. The van der Waals surface area contributed by atoms with Gasteiger partial charge in [0.25, 0.3) is 94.1 Å². The number of nitrogens with zero attached hydrogens (tertiary/aromatic N) is 9. The van der Waals surface area contributed by atoms with Gasteiger partial charge in [-0.3, -0.25) is 67.1 Å². The first kappa shape index (κ1) is 103. The Morgan fingerprint density at radius 3 is 1.05 bits per heavy atom. The van der Waals surface area contributed by atoms with Crippen molar-refractivity contribution in [2.24, 2.45) is 11.8 Å². The number of benzene rings is 4. The number of H-pyrrole nitrogens is 2. The lowest BCUT2D eigenvalue weighted by atomic mass is 9.71. The number of carbonyl (C=O) groups excluding carboxylic acids is 14. The molecule has 10 aliphatic rings. The second-order valence-electron chi connectivity index (χ2n) is 39.2. The lowest BCUT2D eigenvalue weighted by Gasteiger charge is -2.46. The van der Waals surface area contributed by atoms with Crippen LogP contribution in [0.25, 0.3) is 0 Å². The zero-order chi connectivity index (χ0) is 106. The van der Waals surface area contributed by atoms with E-state index in [-0.39, 0.29) is 102 Å². The monoisotopic (exact) mass is 2060 g/mol. The van der Waals surface area contributed by atoms with E-state index in [9.17, 15) is 125 Å². The number of hydrogen-bond donors (Lipinski definition) is 12. The molecular weight excluding hydrogens is 1970 g/mol. The summed E-state index contributed by atoms with van der Waals surface area (Å²) in [6.07, 6.45) is 0.725. The van der Waals surface area contributed by atoms with Crippen molar-refractivity contribution < 1.29 is 120 Å². The summed E-state index contributed by atoms with van der Waals surface area (Å²) in [7, 11) is 2.47. The van der Waals surface area contributed by atoms with Gasteiger partial charge in [-0.05, 0) is 201 Å². The molecule has 0 spiro atoms. The number of likely N-dealkylation sites (N-methyl/N-ethyl adjacent to an activating group) is 2. The van der Waals surface area contributed by atoms with E-state index in [4.69, 9.17) is 11.6 Å². The molecule has 10 heterocycles. The molecular formula is C99H94ClF12N21O14. The van der Waals surface area contributed by atoms with Crippen LogP contribution in [0.15, 0.2) is 73.1 Å². The summed E-state index contributed by atoms with van der Waals surface area (Å²) in [4.78, 5) is 183. The number of ketones is 4. The molecule has 6 saturated carbocycles. The molecule has 4 aromatic carbocycles. The molecule has 6 aliphatic carbocycles. The normalized spacial score (nSPS) is 19.4. The number of amides is 10. The van der Waals surface area contributed by atoms with Gasteiger partial charge in [0.2, 0.25) is 11.8 Å². The SMILES string of the molecule is CNC(=O)C1(NC(=O)C(=O)c2c(C)c(C(=O)Nc3cc(F)c(C)c(F)c3)n3c2CCC3)CC(F)(F)C1.CNC(=O)C1(NC(=O)C(=O)c2c(C)c(C(=O)Nc3cc(F)c(C)c(F)c3)n3c2C[C@H]2C[C@H]23)CC(F)(F)C1.Cc1ccc(NC(=O)c2c(C)c(C(=O)C(=O)NC3(c4cn[nH]n4)CC(F)(F)C3)c3n2CCC3)cc1C#N.Cc1ccc(NC(=O)c2c(C)c(C(=O)C(=O)NC3(c4cn[nH]n4)CC(F)(F)C3)c3n2[C@@H]2C[C@@H]2C3)cc1Cl. The first-order valence-electron chi connectivity index (χ1n) is 46.6. The fourth-order valence-electron chi connectivity index (χ4n) is 21.7. The van der Waals surface area contributed by atoms with Crippen molar-refractivity contribution in [2.75, 3.05) is 35.4 Å². The van der Waals surface area contributed by atoms with Crippen LogP contribution in [0.2, 0.25) is 5.02 Å². The van der Waals surface area contributed by atoms with E-state index in [0.29, 0.717) is 119 Å². The fraction of sp³-hybridized carbons (Fsp3) is 0.404. The predicted molar refractivity (Wildman–Crippen MR) is 497 cm³/mol. The van der Waals surface area contributed by atoms with Crippen molar-refractivity contribution in [3.05, 3.63) is 231 Å². The Morgan fingerprint density at radius 2 is 0.728 bits per heavy atom. The Hall–Kier alpha value is -15.4. The number of nitrogens with one attached hydrogen (secondary N) is 12. The van der Waals surface area contributed by atoms with Gasteiger partial charge in [0.15, 0.2) is 0 Å². The highest BCUT2D eigenvalue weighted by Gasteiger charge is 2.66. The van der Waals surface area contributed by atoms with E-state index < -0.39 is 203 Å². The smallest absolute Gasteiger partial charge is 0.293 e. The van der Waals surface area contributed by atoms with E-state index >= 15 is 0 Å². The fourth-order valence-corrected chi connectivity index (χ4v) is 21.9. The van der Waals surface area contributed by atoms with Crippen LogP contribution in [0.4, 0.5) is 75.4 Å². The quantitative estimate of drug-likeness (QED) is 0.0152. The van der Waals surface area contributed by atoms with Crippen LogP contribution in [0.5, 0.6) is 0 Å². The molecule has 770 valence electrons. The second-order valence-corrected chi connectivity index (χ2v) is 39.6. The molecule has 35 nitrogen and oxygen atoms in total. The molecule has 20 rings (SSSR count). The van der Waals surface area contributed by atoms with Gasteiger partial charge >= 0.3 is 0 Å². The van der Waals surface area contributed by atoms with Gasteiger partial charge in [-0.15, -0.1) is 0 Å². The Labute approximate surface area is 831 Å². The molecule has 0 saturated heterocycles. The van der Waals surface area contributed by atoms with Gasteiger partial charge in [0, 0.05) is 152 Å². The molecule has 6 fully saturated rings. The van der Waals surface area contributed by atoms with Gasteiger partial charge in [-0.2, -0.15) is 36.1 Å². The zero-order valence-electron chi connectivity index (χ0n) is 80.1. The second kappa shape index (κ2) is 37.6. The van der Waals surface area contributed by atoms with Crippen LogP contribution >= 0.6 is 11.6 Å². The Bertz CT molecular complexity index is 7320. The van der Waals surface area contributed by atoms with E-state index in [1.165, 1.54) is 54.2 Å². The molecule has 0 radical (unpaired) electrons. The topological polar surface area (TPSA) is 486 Å². The molecule has 10 amide bonds. The molecule has 4 atom stereocenters. The third-order valence-corrected chi connectivity index (χ3v) is 29.4. The van der Waals surface area contributed by atoms with Gasteiger partial charge in [-0.1, -0.05) is 23.7 Å². The maximum absolute atomic E-state index is 14.0. The van der Waals surface area contributed by atoms with E-state index in [1.54, 1.807) is 70.9 Å². The number of rotatable bonds is 24. The number of anilines is 4. The van der Waals surface area contributed by atoms with E-state index in [2.05, 4.69) is 90.1 Å². The molecule has 48 heteroatoms. The molecule has 147 heavy (non-hydrogen) atoms. The summed E-state index contributed by atoms with van der Waals surface area (Å²) in [5.41, 5.74) is -0.316. The maximum atomic E-state index is 14.0. The summed E-state index contributed by atoms with van der Waals surface area (Å²) in [5, 5.41) is 53.8. The highest BCUT2D eigenvalue weighted by Crippen LogP contribution is 2.58. The number of fused-ring (bicyclic) bond motifs is 8. The predicted octanol–water partition coefficient (Wildman–Crippen LogP) is 12.5. The number of aromatic nitrogens is 10. The lowest BCUT2D eigenvalue weighted by Crippen LogP contribution is -2.69. The minimum absolute atomic E-state index is 0.0331. The van der Waals surface area contributed by atoms with Crippen molar-refractivity contribution in [3.8, 4) is 6.07 Å². The average molecular weight is 2070 g/mol. The van der Waals surface area contributed by atoms with Crippen molar-refractivity contribution >= 4 is 117 Å². The van der Waals surface area contributed by atoms with Crippen LogP contribution in [-0.4, -0.2) is 180 Å². The number of nitriles is 1. The molecule has 0 unspecified atom stereocenters. The van der Waals surface area contributed by atoms with E-state index in [0.717, 1.165) is 48.2 Å². The number of aromatic amines is 2. The average Bonchev–Trinajstić information content (AvgIpc) is 1.54. The number of Topliss-reactive ketones (excluding diaryl/α,β-unsaturated/α-hetero) is 4. The molecule has 12 N–H and O–H groups in total. The van der Waals surface area contributed by atoms with Crippen LogP contribution in [0.1, 0.15) is 257 Å². The number of halogens is 13. The largest absolute Gasteiger partial charge is 0.357 e. The summed E-state index contributed by atoms with van der Waals surface area (Å²) >= 11 is 6.20. The van der Waals surface area contributed by atoms with Crippen molar-refractivity contribution in [1.29, 1.82) is 5.26 Å². The molecule has 6 aromatic heterocycles. The van der Waals surface area contributed by atoms with Gasteiger partial charge in [0.1, 0.15) is 68.5 Å². The number of hydrogen-bond acceptors (Lipinski definition) is 19. The number of alkyl halides is 8. The van der Waals surface area contributed by atoms with Gasteiger partial charge in [-0.25, -0.2) is 52.7 Å². The Balaban J connectivity index is 0.000000134. The minimum atomic E-state index is -3.16. The van der Waals surface area contributed by atoms with Crippen molar-refractivity contribution in [1.82, 2.24) is 81.0 Å². The van der Waals surface area contributed by atoms with Crippen molar-refractivity contribution in [2.45, 2.75) is 229 Å². The first-order chi connectivity index (χ1) is 69.1. The molecule has 4 aliphatic heterocycles. The third kappa shape index (κ3) is 18.8. The summed E-state index contributed by atoms with van der Waals surface area (Å²) in [6, 6.07) is 16.1. The third-order valence-electron chi connectivity index (χ3n) is 29.0. The highest BCUT2D eigenvalue weighted by molar-refractivity contribution is 6.46. The molecule has 10 aromatic rings.